The molecule has 0 fully saturated rings. The Kier molecular flexibility index (Phi) is 2.11. The number of hydrogen-bond donors (Lipinski definition) is 2. The van der Waals surface area contributed by atoms with Crippen LogP contribution < -0.4 is 11.5 Å². The van der Waals surface area contributed by atoms with E-state index in [1.165, 1.54) is 0 Å². The second-order valence-electron chi connectivity index (χ2n) is 3.26. The SMILES string of the molecule is CC1C=CC(N)C(C)C1N. The molecule has 0 radical (unpaired) electrons. The molecule has 1 rings (SSSR count). The summed E-state index contributed by atoms with van der Waals surface area (Å²) in [5.74, 6) is 0.898. The maximum atomic E-state index is 5.88. The monoisotopic (exact) mass is 140 g/mol. The molecule has 0 amide bonds. The summed E-state index contributed by atoms with van der Waals surface area (Å²) in [6, 6.07) is 0.395. The van der Waals surface area contributed by atoms with E-state index in [1.807, 2.05) is 0 Å². The van der Waals surface area contributed by atoms with Crippen molar-refractivity contribution in [1.82, 2.24) is 0 Å². The van der Waals surface area contributed by atoms with Gasteiger partial charge in [0, 0.05) is 12.1 Å². The van der Waals surface area contributed by atoms with Gasteiger partial charge < -0.3 is 11.5 Å². The maximum absolute atomic E-state index is 5.88. The predicted molar refractivity (Wildman–Crippen MR) is 43.4 cm³/mol. The van der Waals surface area contributed by atoms with Crippen molar-refractivity contribution in [3.05, 3.63) is 12.2 Å². The molecular formula is C8H16N2. The van der Waals surface area contributed by atoms with E-state index >= 15 is 0 Å². The summed E-state index contributed by atoms with van der Waals surface area (Å²) < 4.78 is 0. The zero-order valence-corrected chi connectivity index (χ0v) is 6.62. The molecule has 0 bridgehead atoms. The van der Waals surface area contributed by atoms with Crippen LogP contribution in [0, 0.1) is 11.8 Å². The standard InChI is InChI=1S/C8H16N2/c1-5-3-4-7(9)6(2)8(5)10/h3-8H,9-10H2,1-2H3. The molecule has 4 unspecified atom stereocenters. The fourth-order valence-corrected chi connectivity index (χ4v) is 1.34. The number of hydrogen-bond acceptors (Lipinski definition) is 2. The van der Waals surface area contributed by atoms with Crippen LogP contribution in [0.15, 0.2) is 12.2 Å². The Bertz CT molecular complexity index is 126. The van der Waals surface area contributed by atoms with Gasteiger partial charge in [-0.05, 0) is 11.8 Å². The summed E-state index contributed by atoms with van der Waals surface area (Å²) in [5, 5.41) is 0. The number of nitrogens with two attached hydrogens (primary N) is 2. The van der Waals surface area contributed by atoms with Gasteiger partial charge in [-0.1, -0.05) is 26.0 Å². The maximum Gasteiger partial charge on any atom is 0.0264 e. The van der Waals surface area contributed by atoms with Crippen molar-refractivity contribution in [2.45, 2.75) is 25.9 Å². The summed E-state index contributed by atoms with van der Waals surface area (Å²) in [6.07, 6.45) is 4.16. The van der Waals surface area contributed by atoms with Gasteiger partial charge >= 0.3 is 0 Å². The third-order valence-corrected chi connectivity index (χ3v) is 2.46. The molecule has 1 aliphatic carbocycles. The second kappa shape index (κ2) is 2.72. The molecule has 1 aliphatic rings. The highest BCUT2D eigenvalue weighted by Crippen LogP contribution is 2.20. The van der Waals surface area contributed by atoms with Crippen LogP contribution in [0.3, 0.4) is 0 Å². The summed E-state index contributed by atoms with van der Waals surface area (Å²) in [6.45, 7) is 4.23. The molecule has 0 saturated heterocycles. The minimum atomic E-state index is 0.159. The van der Waals surface area contributed by atoms with Gasteiger partial charge in [-0.3, -0.25) is 0 Å². The molecule has 0 aromatic rings. The van der Waals surface area contributed by atoms with Crippen LogP contribution >= 0.6 is 0 Å². The fraction of sp³-hybridized carbons (Fsp3) is 0.750. The van der Waals surface area contributed by atoms with Crippen molar-refractivity contribution < 1.29 is 0 Å². The lowest BCUT2D eigenvalue weighted by atomic mass is 9.81. The first-order valence-corrected chi connectivity index (χ1v) is 3.82. The zero-order chi connectivity index (χ0) is 7.72. The Morgan fingerprint density at radius 2 is 1.70 bits per heavy atom. The van der Waals surface area contributed by atoms with Crippen LogP contribution in [0.2, 0.25) is 0 Å². The Morgan fingerprint density at radius 1 is 1.10 bits per heavy atom. The van der Waals surface area contributed by atoms with Gasteiger partial charge in [0.2, 0.25) is 0 Å². The summed E-state index contributed by atoms with van der Waals surface area (Å²) in [4.78, 5) is 0. The van der Waals surface area contributed by atoms with Gasteiger partial charge in [0.25, 0.3) is 0 Å². The van der Waals surface area contributed by atoms with Crippen LogP contribution in [0.25, 0.3) is 0 Å². The predicted octanol–water partition coefficient (Wildman–Crippen LogP) is 0.483. The highest BCUT2D eigenvalue weighted by Gasteiger charge is 2.25. The van der Waals surface area contributed by atoms with Gasteiger partial charge in [-0.25, -0.2) is 0 Å². The van der Waals surface area contributed by atoms with Gasteiger partial charge in [0.15, 0.2) is 0 Å². The first-order chi connectivity index (χ1) is 4.63. The highest BCUT2D eigenvalue weighted by atomic mass is 14.7. The normalized spacial score (nSPS) is 47.6. The van der Waals surface area contributed by atoms with Crippen LogP contribution in [-0.2, 0) is 0 Å². The van der Waals surface area contributed by atoms with E-state index in [1.54, 1.807) is 0 Å². The van der Waals surface area contributed by atoms with Gasteiger partial charge in [0.05, 0.1) is 0 Å². The van der Waals surface area contributed by atoms with Crippen LogP contribution in [0.5, 0.6) is 0 Å². The lowest BCUT2D eigenvalue weighted by molar-refractivity contribution is 0.341. The Balaban J connectivity index is 2.69. The minimum absolute atomic E-state index is 0.159. The lowest BCUT2D eigenvalue weighted by Crippen LogP contribution is -2.45. The lowest BCUT2D eigenvalue weighted by Gasteiger charge is -2.31. The Morgan fingerprint density at radius 3 is 2.20 bits per heavy atom. The third kappa shape index (κ3) is 1.22. The first-order valence-electron chi connectivity index (χ1n) is 3.82. The number of rotatable bonds is 0. The van der Waals surface area contributed by atoms with Crippen molar-refractivity contribution >= 4 is 0 Å². The topological polar surface area (TPSA) is 52.0 Å². The molecule has 0 spiro atoms. The molecular weight excluding hydrogens is 124 g/mol. The van der Waals surface area contributed by atoms with Crippen molar-refractivity contribution in [3.8, 4) is 0 Å². The highest BCUT2D eigenvalue weighted by molar-refractivity contribution is 5.07. The average molecular weight is 140 g/mol. The zero-order valence-electron chi connectivity index (χ0n) is 6.62. The summed E-state index contributed by atoms with van der Waals surface area (Å²) in [5.41, 5.74) is 11.6. The van der Waals surface area contributed by atoms with Crippen molar-refractivity contribution in [3.63, 3.8) is 0 Å². The first kappa shape index (κ1) is 7.76. The molecule has 0 aliphatic heterocycles. The molecule has 4 atom stereocenters. The molecule has 0 aromatic carbocycles. The van der Waals surface area contributed by atoms with E-state index < -0.39 is 0 Å². The molecule has 58 valence electrons. The van der Waals surface area contributed by atoms with Crippen molar-refractivity contribution in [2.75, 3.05) is 0 Å². The molecule has 10 heavy (non-hydrogen) atoms. The van der Waals surface area contributed by atoms with Crippen LogP contribution in [0.4, 0.5) is 0 Å². The molecule has 4 N–H and O–H groups in total. The van der Waals surface area contributed by atoms with E-state index in [9.17, 15) is 0 Å². The van der Waals surface area contributed by atoms with E-state index in [0.717, 1.165) is 0 Å². The fourth-order valence-electron chi connectivity index (χ4n) is 1.34. The van der Waals surface area contributed by atoms with Crippen LogP contribution in [-0.4, -0.2) is 12.1 Å². The quantitative estimate of drug-likeness (QED) is 0.481. The summed E-state index contributed by atoms with van der Waals surface area (Å²) in [7, 11) is 0. The Labute approximate surface area is 62.3 Å². The average Bonchev–Trinajstić information content (AvgIpc) is 1.93. The molecule has 2 nitrogen and oxygen atoms in total. The largest absolute Gasteiger partial charge is 0.327 e. The van der Waals surface area contributed by atoms with Crippen molar-refractivity contribution in [1.29, 1.82) is 0 Å². The third-order valence-electron chi connectivity index (χ3n) is 2.46. The van der Waals surface area contributed by atoms with E-state index in [-0.39, 0.29) is 12.1 Å². The second-order valence-corrected chi connectivity index (χ2v) is 3.26. The van der Waals surface area contributed by atoms with Gasteiger partial charge in [-0.2, -0.15) is 0 Å². The molecule has 0 heterocycles. The van der Waals surface area contributed by atoms with Crippen LogP contribution in [0.1, 0.15) is 13.8 Å². The van der Waals surface area contributed by atoms with Crippen molar-refractivity contribution in [2.24, 2.45) is 23.3 Å². The van der Waals surface area contributed by atoms with Gasteiger partial charge in [-0.15, -0.1) is 0 Å². The summed E-state index contributed by atoms with van der Waals surface area (Å²) >= 11 is 0. The van der Waals surface area contributed by atoms with Gasteiger partial charge in [0.1, 0.15) is 0 Å². The van der Waals surface area contributed by atoms with E-state index in [2.05, 4.69) is 26.0 Å². The molecule has 0 saturated carbocycles. The van der Waals surface area contributed by atoms with E-state index in [4.69, 9.17) is 11.5 Å². The molecule has 0 aromatic heterocycles. The molecule has 2 heteroatoms. The minimum Gasteiger partial charge on any atom is -0.327 e. The van der Waals surface area contributed by atoms with E-state index in [0.29, 0.717) is 11.8 Å². The Hall–Kier alpha value is -0.340. The smallest absolute Gasteiger partial charge is 0.0264 e.